The van der Waals surface area contributed by atoms with E-state index in [0.29, 0.717) is 5.39 Å². The van der Waals surface area contributed by atoms with Crippen LogP contribution in [0.3, 0.4) is 0 Å². The van der Waals surface area contributed by atoms with Gasteiger partial charge in [-0.05, 0) is 24.3 Å². The Morgan fingerprint density at radius 1 is 1.22 bits per heavy atom. The number of carbonyl (C=O) groups is 1. The number of oxazole rings is 1. The number of ether oxygens (including phenoxy) is 1. The van der Waals surface area contributed by atoms with Gasteiger partial charge in [0.2, 0.25) is 15.9 Å². The summed E-state index contributed by atoms with van der Waals surface area (Å²) in [6.07, 6.45) is 2.75. The number of hydrogen-bond acceptors (Lipinski definition) is 6. The second-order valence-corrected chi connectivity index (χ2v) is 8.24. The van der Waals surface area contributed by atoms with E-state index in [1.165, 1.54) is 17.7 Å². The van der Waals surface area contributed by atoms with Crippen molar-refractivity contribution in [3.8, 4) is 0 Å². The van der Waals surface area contributed by atoms with E-state index in [1.54, 1.807) is 18.2 Å². The molecule has 0 unspecified atom stereocenters. The van der Waals surface area contributed by atoms with Gasteiger partial charge in [0.05, 0.1) is 18.6 Å². The molecule has 0 bridgehead atoms. The first kappa shape index (κ1) is 17.7. The van der Waals surface area contributed by atoms with Crippen molar-refractivity contribution < 1.29 is 22.4 Å². The van der Waals surface area contributed by atoms with Gasteiger partial charge in [-0.15, -0.1) is 0 Å². The minimum atomic E-state index is -3.76. The number of benzene rings is 2. The fraction of sp³-hybridized carbons (Fsp3) is 0.263. The second-order valence-electron chi connectivity index (χ2n) is 6.38. The Morgan fingerprint density at radius 3 is 2.70 bits per heavy atom. The van der Waals surface area contributed by atoms with E-state index in [0.717, 1.165) is 18.2 Å². The van der Waals surface area contributed by atoms with Gasteiger partial charge in [0.25, 0.3) is 0 Å². The highest BCUT2D eigenvalue weighted by Gasteiger charge is 2.39. The quantitative estimate of drug-likeness (QED) is 0.605. The molecule has 1 fully saturated rings. The van der Waals surface area contributed by atoms with Crippen molar-refractivity contribution in [3.05, 3.63) is 60.3 Å². The molecule has 1 heterocycles. The van der Waals surface area contributed by atoms with Gasteiger partial charge in [-0.1, -0.05) is 36.4 Å². The molecule has 0 saturated heterocycles. The molecule has 7 nitrogen and oxygen atoms in total. The molecular weight excluding hydrogens is 368 g/mol. The van der Waals surface area contributed by atoms with Crippen molar-refractivity contribution >= 4 is 26.8 Å². The standard InChI is InChI=1S/C19H18N2O5S/c1-25-19(22)16-12-26-18(20-16)11-21(14-9-10-14)27(23,24)17-8-4-6-13-5-2-3-7-15(13)17/h2-8,12,14H,9-11H2,1H3. The summed E-state index contributed by atoms with van der Waals surface area (Å²) in [7, 11) is -2.51. The van der Waals surface area contributed by atoms with Gasteiger partial charge in [-0.3, -0.25) is 0 Å². The van der Waals surface area contributed by atoms with Crippen molar-refractivity contribution in [2.24, 2.45) is 0 Å². The first-order valence-corrected chi connectivity index (χ1v) is 9.97. The van der Waals surface area contributed by atoms with Gasteiger partial charge >= 0.3 is 5.97 Å². The minimum absolute atomic E-state index is 0.0193. The minimum Gasteiger partial charge on any atom is -0.464 e. The first-order chi connectivity index (χ1) is 13.0. The van der Waals surface area contributed by atoms with E-state index in [9.17, 15) is 13.2 Å². The summed E-state index contributed by atoms with van der Waals surface area (Å²) < 4.78 is 38.1. The van der Waals surface area contributed by atoms with Crippen molar-refractivity contribution in [3.63, 3.8) is 0 Å². The number of fused-ring (bicyclic) bond motifs is 1. The van der Waals surface area contributed by atoms with Gasteiger partial charge in [0.1, 0.15) is 6.26 Å². The molecule has 1 saturated carbocycles. The Hall–Kier alpha value is -2.71. The van der Waals surface area contributed by atoms with Crippen molar-refractivity contribution in [1.82, 2.24) is 9.29 Å². The van der Waals surface area contributed by atoms with Crippen LogP contribution in [0.5, 0.6) is 0 Å². The van der Waals surface area contributed by atoms with Gasteiger partial charge in [0.15, 0.2) is 5.69 Å². The van der Waals surface area contributed by atoms with Crippen LogP contribution in [0.2, 0.25) is 0 Å². The van der Waals surface area contributed by atoms with Crippen LogP contribution in [0.25, 0.3) is 10.8 Å². The number of carbonyl (C=O) groups excluding carboxylic acids is 1. The number of esters is 1. The monoisotopic (exact) mass is 386 g/mol. The highest BCUT2D eigenvalue weighted by atomic mass is 32.2. The smallest absolute Gasteiger partial charge is 0.360 e. The first-order valence-electron chi connectivity index (χ1n) is 8.53. The topological polar surface area (TPSA) is 89.7 Å². The van der Waals surface area contributed by atoms with Crippen LogP contribution >= 0.6 is 0 Å². The molecule has 0 atom stereocenters. The molecule has 0 spiro atoms. The van der Waals surface area contributed by atoms with Crippen LogP contribution in [0, 0.1) is 0 Å². The number of hydrogen-bond donors (Lipinski definition) is 0. The van der Waals surface area contributed by atoms with E-state index in [4.69, 9.17) is 4.42 Å². The molecule has 3 aromatic rings. The highest BCUT2D eigenvalue weighted by Crippen LogP contribution is 2.35. The summed E-state index contributed by atoms with van der Waals surface area (Å²) in [6.45, 7) is -0.0345. The van der Waals surface area contributed by atoms with Gasteiger partial charge in [-0.25, -0.2) is 18.2 Å². The highest BCUT2D eigenvalue weighted by molar-refractivity contribution is 7.89. The van der Waals surface area contributed by atoms with Crippen molar-refractivity contribution in [2.45, 2.75) is 30.3 Å². The number of methoxy groups -OCH3 is 1. The van der Waals surface area contributed by atoms with E-state index < -0.39 is 16.0 Å². The van der Waals surface area contributed by atoms with Gasteiger partial charge in [0, 0.05) is 11.4 Å². The Balaban J connectivity index is 1.71. The Morgan fingerprint density at radius 2 is 1.96 bits per heavy atom. The lowest BCUT2D eigenvalue weighted by atomic mass is 10.1. The molecule has 0 radical (unpaired) electrons. The van der Waals surface area contributed by atoms with Crippen LogP contribution < -0.4 is 0 Å². The largest absolute Gasteiger partial charge is 0.464 e. The number of aromatic nitrogens is 1. The summed E-state index contributed by atoms with van der Waals surface area (Å²) in [4.78, 5) is 15.9. The SMILES string of the molecule is COC(=O)c1coc(CN(C2CC2)S(=O)(=O)c2cccc3ccccc23)n1. The summed E-state index contributed by atoms with van der Waals surface area (Å²) in [5, 5.41) is 1.53. The predicted molar refractivity (Wildman–Crippen MR) is 97.5 cm³/mol. The molecule has 4 rings (SSSR count). The Bertz CT molecular complexity index is 1100. The molecular formula is C19H18N2O5S. The second kappa shape index (κ2) is 6.79. The fourth-order valence-corrected chi connectivity index (χ4v) is 4.89. The van der Waals surface area contributed by atoms with Crippen LogP contribution in [0.15, 0.2) is 58.0 Å². The summed E-state index contributed by atoms with van der Waals surface area (Å²) >= 11 is 0. The molecule has 140 valence electrons. The Kier molecular flexibility index (Phi) is 4.45. The summed E-state index contributed by atoms with van der Waals surface area (Å²) in [5.74, 6) is -0.467. The molecule has 0 aliphatic heterocycles. The third-order valence-corrected chi connectivity index (χ3v) is 6.48. The maximum atomic E-state index is 13.4. The Labute approximate surface area is 156 Å². The lowest BCUT2D eigenvalue weighted by Crippen LogP contribution is -2.33. The summed E-state index contributed by atoms with van der Waals surface area (Å²) in [5.41, 5.74) is 0.0193. The predicted octanol–water partition coefficient (Wildman–Crippen LogP) is 2.97. The molecule has 0 N–H and O–H groups in total. The van der Waals surface area contributed by atoms with E-state index in [1.807, 2.05) is 24.3 Å². The number of rotatable bonds is 6. The van der Waals surface area contributed by atoms with Gasteiger partial charge in [-0.2, -0.15) is 4.31 Å². The molecule has 1 aliphatic rings. The average molecular weight is 386 g/mol. The molecule has 1 aromatic heterocycles. The van der Waals surface area contributed by atoms with E-state index in [2.05, 4.69) is 9.72 Å². The molecule has 2 aromatic carbocycles. The molecule has 1 aliphatic carbocycles. The van der Waals surface area contributed by atoms with Crippen molar-refractivity contribution in [1.29, 1.82) is 0 Å². The summed E-state index contributed by atoms with van der Waals surface area (Å²) in [6, 6.07) is 12.5. The van der Waals surface area contributed by atoms with Crippen LogP contribution in [-0.2, 0) is 21.3 Å². The van der Waals surface area contributed by atoms with E-state index in [-0.39, 0.29) is 29.1 Å². The van der Waals surface area contributed by atoms with E-state index >= 15 is 0 Å². The maximum absolute atomic E-state index is 13.4. The third-order valence-electron chi connectivity index (χ3n) is 4.53. The zero-order valence-electron chi connectivity index (χ0n) is 14.7. The fourth-order valence-electron chi connectivity index (χ4n) is 3.03. The number of nitrogens with zero attached hydrogens (tertiary/aromatic N) is 2. The normalized spacial score (nSPS) is 14.6. The third kappa shape index (κ3) is 3.33. The lowest BCUT2D eigenvalue weighted by molar-refractivity contribution is 0.0594. The maximum Gasteiger partial charge on any atom is 0.360 e. The van der Waals surface area contributed by atoms with Crippen LogP contribution in [0.1, 0.15) is 29.2 Å². The average Bonchev–Trinajstić information content (AvgIpc) is 3.41. The van der Waals surface area contributed by atoms with Crippen molar-refractivity contribution in [2.75, 3.05) is 7.11 Å². The van der Waals surface area contributed by atoms with Gasteiger partial charge < -0.3 is 9.15 Å². The number of sulfonamides is 1. The van der Waals surface area contributed by atoms with Crippen LogP contribution in [0.4, 0.5) is 0 Å². The van der Waals surface area contributed by atoms with Crippen LogP contribution in [-0.4, -0.2) is 36.8 Å². The zero-order chi connectivity index (χ0) is 19.0. The molecule has 8 heteroatoms. The zero-order valence-corrected chi connectivity index (χ0v) is 15.5. The lowest BCUT2D eigenvalue weighted by Gasteiger charge is -2.21. The molecule has 27 heavy (non-hydrogen) atoms. The molecule has 0 amide bonds.